The number of ether oxygens (including phenoxy) is 1. The maximum absolute atomic E-state index is 12.7. The number of hydrogen-bond donors (Lipinski definition) is 3. The van der Waals surface area contributed by atoms with Crippen LogP contribution in [-0.2, 0) is 24.1 Å². The van der Waals surface area contributed by atoms with E-state index in [1.807, 2.05) is 12.1 Å². The van der Waals surface area contributed by atoms with Crippen molar-refractivity contribution in [1.82, 2.24) is 5.32 Å². The van der Waals surface area contributed by atoms with Gasteiger partial charge in [0.15, 0.2) is 5.17 Å². The van der Waals surface area contributed by atoms with E-state index < -0.39 is 24.2 Å². The number of nitrogens with one attached hydrogen (secondary N) is 3. The predicted octanol–water partition coefficient (Wildman–Crippen LogP) is 6.50. The molecular formula is C30H28F3N5O4S. The first-order valence-corrected chi connectivity index (χ1v) is 14.6. The molecule has 5 amide bonds. The number of thioether (sulfide) groups is 1. The minimum absolute atomic E-state index is 0.0913. The lowest BCUT2D eigenvalue weighted by Crippen LogP contribution is -2.33. The molecule has 3 aromatic rings. The van der Waals surface area contributed by atoms with Gasteiger partial charge in [0.1, 0.15) is 5.75 Å². The van der Waals surface area contributed by atoms with Gasteiger partial charge in [-0.15, -0.1) is 13.2 Å². The minimum atomic E-state index is -4.79. The molecule has 1 heterocycles. The number of benzene rings is 3. The lowest BCUT2D eigenvalue weighted by Gasteiger charge is -2.24. The van der Waals surface area contributed by atoms with Crippen molar-refractivity contribution < 1.29 is 32.3 Å². The number of anilines is 3. The number of hydrogen-bond acceptors (Lipinski definition) is 5. The molecular weight excluding hydrogens is 583 g/mol. The number of carbonyl (C=O) groups excluding carboxylic acids is 3. The number of carbonyl (C=O) groups is 3. The van der Waals surface area contributed by atoms with Crippen LogP contribution in [0, 0.1) is 0 Å². The molecule has 0 atom stereocenters. The molecule has 0 aromatic heterocycles. The number of aliphatic imine (C=N–C) groups is 1. The summed E-state index contributed by atoms with van der Waals surface area (Å²) in [5, 5.41) is 8.32. The molecule has 5 rings (SSSR count). The van der Waals surface area contributed by atoms with E-state index >= 15 is 0 Å². The first-order valence-electron chi connectivity index (χ1n) is 13.6. The zero-order valence-corrected chi connectivity index (χ0v) is 23.7. The van der Waals surface area contributed by atoms with Crippen LogP contribution in [0.5, 0.6) is 5.75 Å². The highest BCUT2D eigenvalue weighted by atomic mass is 32.2. The summed E-state index contributed by atoms with van der Waals surface area (Å²) in [5.41, 5.74) is 4.90. The average molecular weight is 612 g/mol. The molecule has 2 aliphatic rings. The van der Waals surface area contributed by atoms with E-state index in [1.54, 1.807) is 29.2 Å². The maximum atomic E-state index is 12.7. The molecule has 0 saturated carbocycles. The normalized spacial score (nSPS) is 15.7. The van der Waals surface area contributed by atoms with Crippen LogP contribution in [0.15, 0.2) is 71.7 Å². The molecule has 1 fully saturated rings. The standard InChI is InChI=1S/C30H28F3N5O4S/c31-30(32,33)42-23-14-12-22(13-15-23)36-28(41)35-21-10-8-19(9-11-21)16-17-34-27(40)37-29-38(26(39)18-43-29)25-7-3-5-20-4-1-2-6-24(20)25/h3,5,7-15H,1-2,4,6,16-18H2,(H,34,40)(H2,35,36,41)/b37-29-. The summed E-state index contributed by atoms with van der Waals surface area (Å²) >= 11 is 1.25. The molecule has 1 aliphatic heterocycles. The zero-order valence-electron chi connectivity index (χ0n) is 22.9. The average Bonchev–Trinajstić information content (AvgIpc) is 3.33. The van der Waals surface area contributed by atoms with E-state index in [0.717, 1.165) is 54.6 Å². The van der Waals surface area contributed by atoms with E-state index in [1.165, 1.54) is 29.5 Å². The van der Waals surface area contributed by atoms with Gasteiger partial charge in [-0.2, -0.15) is 4.99 Å². The first-order chi connectivity index (χ1) is 20.6. The smallest absolute Gasteiger partial charge is 0.406 e. The zero-order chi connectivity index (χ0) is 30.4. The van der Waals surface area contributed by atoms with Crippen molar-refractivity contribution in [2.24, 2.45) is 4.99 Å². The van der Waals surface area contributed by atoms with E-state index in [2.05, 4.69) is 31.7 Å². The fraction of sp³-hybridized carbons (Fsp3) is 0.267. The Morgan fingerprint density at radius 2 is 1.60 bits per heavy atom. The molecule has 3 aromatic carbocycles. The molecule has 9 nitrogen and oxygen atoms in total. The van der Waals surface area contributed by atoms with Crippen LogP contribution >= 0.6 is 11.8 Å². The number of nitrogens with zero attached hydrogens (tertiary/aromatic N) is 2. The molecule has 0 bridgehead atoms. The number of amides is 5. The van der Waals surface area contributed by atoms with Crippen LogP contribution in [0.1, 0.15) is 29.5 Å². The number of aryl methyl sites for hydroxylation is 1. The lowest BCUT2D eigenvalue weighted by atomic mass is 9.90. The quantitative estimate of drug-likeness (QED) is 0.283. The van der Waals surface area contributed by atoms with Gasteiger partial charge in [0, 0.05) is 17.9 Å². The molecule has 0 unspecified atom stereocenters. The largest absolute Gasteiger partial charge is 0.573 e. The number of urea groups is 2. The summed E-state index contributed by atoms with van der Waals surface area (Å²) in [6, 6.07) is 16.6. The number of amidine groups is 1. The Bertz CT molecular complexity index is 1530. The summed E-state index contributed by atoms with van der Waals surface area (Å²) in [7, 11) is 0. The van der Waals surface area contributed by atoms with E-state index in [0.29, 0.717) is 23.8 Å². The van der Waals surface area contributed by atoms with Crippen LogP contribution < -0.4 is 25.6 Å². The number of halogens is 3. The molecule has 1 saturated heterocycles. The lowest BCUT2D eigenvalue weighted by molar-refractivity contribution is -0.274. The van der Waals surface area contributed by atoms with Crippen molar-refractivity contribution >= 4 is 52.0 Å². The van der Waals surface area contributed by atoms with Crippen molar-refractivity contribution in [3.63, 3.8) is 0 Å². The van der Waals surface area contributed by atoms with Crippen LogP contribution in [0.25, 0.3) is 0 Å². The van der Waals surface area contributed by atoms with Gasteiger partial charge in [0.05, 0.1) is 11.4 Å². The molecule has 13 heteroatoms. The van der Waals surface area contributed by atoms with Gasteiger partial charge in [0.2, 0.25) is 5.91 Å². The summed E-state index contributed by atoms with van der Waals surface area (Å²) in [6.07, 6.45) is -0.205. The van der Waals surface area contributed by atoms with Gasteiger partial charge in [0.25, 0.3) is 0 Å². The molecule has 0 radical (unpaired) electrons. The topological polar surface area (TPSA) is 112 Å². The molecule has 43 heavy (non-hydrogen) atoms. The van der Waals surface area contributed by atoms with E-state index in [-0.39, 0.29) is 17.3 Å². The Labute approximate surface area is 249 Å². The summed E-state index contributed by atoms with van der Waals surface area (Å²) in [5.74, 6) is -0.249. The van der Waals surface area contributed by atoms with Crippen LogP contribution in [0.3, 0.4) is 0 Å². The number of alkyl halides is 3. The Balaban J connectivity index is 1.10. The van der Waals surface area contributed by atoms with Crippen molar-refractivity contribution in [3.8, 4) is 5.75 Å². The van der Waals surface area contributed by atoms with Crippen molar-refractivity contribution in [3.05, 3.63) is 83.4 Å². The van der Waals surface area contributed by atoms with Crippen molar-refractivity contribution in [2.45, 2.75) is 38.5 Å². The predicted molar refractivity (Wildman–Crippen MR) is 160 cm³/mol. The van der Waals surface area contributed by atoms with Gasteiger partial charge in [-0.05, 0) is 91.3 Å². The van der Waals surface area contributed by atoms with Crippen LogP contribution in [0.4, 0.5) is 39.8 Å². The van der Waals surface area contributed by atoms with Crippen LogP contribution in [0.2, 0.25) is 0 Å². The summed E-state index contributed by atoms with van der Waals surface area (Å²) < 4.78 is 40.7. The highest BCUT2D eigenvalue weighted by Gasteiger charge is 2.33. The fourth-order valence-electron chi connectivity index (χ4n) is 4.88. The van der Waals surface area contributed by atoms with Gasteiger partial charge in [-0.3, -0.25) is 9.69 Å². The second-order valence-electron chi connectivity index (χ2n) is 9.86. The third-order valence-electron chi connectivity index (χ3n) is 6.82. The molecule has 1 aliphatic carbocycles. The SMILES string of the molecule is O=C(/N=C1\SCC(=O)N1c1cccc2c1CCCC2)NCCc1ccc(NC(=O)Nc2ccc(OC(F)(F)F)cc2)cc1. The minimum Gasteiger partial charge on any atom is -0.406 e. The Morgan fingerprint density at radius 1 is 0.930 bits per heavy atom. The maximum Gasteiger partial charge on any atom is 0.573 e. The number of fused-ring (bicyclic) bond motifs is 1. The Kier molecular flexibility index (Phi) is 9.19. The molecule has 3 N–H and O–H groups in total. The van der Waals surface area contributed by atoms with Crippen molar-refractivity contribution in [2.75, 3.05) is 27.8 Å². The number of rotatable bonds is 7. The fourth-order valence-corrected chi connectivity index (χ4v) is 5.74. The van der Waals surface area contributed by atoms with Gasteiger partial charge < -0.3 is 20.7 Å². The first kappa shape index (κ1) is 30.0. The second-order valence-corrected chi connectivity index (χ2v) is 10.8. The summed E-state index contributed by atoms with van der Waals surface area (Å²) in [6.45, 7) is 0.316. The Morgan fingerprint density at radius 3 is 2.30 bits per heavy atom. The summed E-state index contributed by atoms with van der Waals surface area (Å²) in [4.78, 5) is 43.3. The van der Waals surface area contributed by atoms with Gasteiger partial charge in [-0.1, -0.05) is 36.0 Å². The van der Waals surface area contributed by atoms with Crippen molar-refractivity contribution in [1.29, 1.82) is 0 Å². The van der Waals surface area contributed by atoms with E-state index in [9.17, 15) is 27.6 Å². The highest BCUT2D eigenvalue weighted by molar-refractivity contribution is 8.15. The Hall–Kier alpha value is -4.52. The highest BCUT2D eigenvalue weighted by Crippen LogP contribution is 2.35. The van der Waals surface area contributed by atoms with E-state index in [4.69, 9.17) is 0 Å². The van der Waals surface area contributed by atoms with Crippen LogP contribution in [-0.4, -0.2) is 41.8 Å². The monoisotopic (exact) mass is 611 g/mol. The second kappa shape index (κ2) is 13.2. The van der Waals surface area contributed by atoms with Gasteiger partial charge >= 0.3 is 18.4 Å². The third-order valence-corrected chi connectivity index (χ3v) is 7.75. The third kappa shape index (κ3) is 8.07. The van der Waals surface area contributed by atoms with Gasteiger partial charge in [-0.25, -0.2) is 9.59 Å². The molecule has 0 spiro atoms. The molecule has 224 valence electrons.